The molecule has 0 spiro atoms. The molecule has 1 amide bonds. The normalized spacial score (nSPS) is 22.5. The maximum Gasteiger partial charge on any atom is 0.230 e. The third kappa shape index (κ3) is 5.35. The summed E-state index contributed by atoms with van der Waals surface area (Å²) in [5.41, 5.74) is 1.17. The Morgan fingerprint density at radius 1 is 1.25 bits per heavy atom. The minimum Gasteiger partial charge on any atom is -0.393 e. The molecule has 110 valence electrons. The van der Waals surface area contributed by atoms with Crippen LogP contribution in [-0.4, -0.2) is 28.9 Å². The molecule has 0 aromatic heterocycles. The van der Waals surface area contributed by atoms with E-state index < -0.39 is 0 Å². The fraction of sp³-hybridized carbons (Fsp3) is 0.533. The third-order valence-corrected chi connectivity index (χ3v) is 4.73. The summed E-state index contributed by atoms with van der Waals surface area (Å²) >= 11 is 7.43. The molecule has 2 N–H and O–H groups in total. The van der Waals surface area contributed by atoms with E-state index in [0.29, 0.717) is 5.75 Å². The fourth-order valence-corrected chi connectivity index (χ4v) is 3.26. The number of benzene rings is 1. The Morgan fingerprint density at radius 3 is 2.55 bits per heavy atom. The van der Waals surface area contributed by atoms with Crippen molar-refractivity contribution in [2.75, 3.05) is 5.75 Å². The van der Waals surface area contributed by atoms with Crippen molar-refractivity contribution in [3.63, 3.8) is 0 Å². The van der Waals surface area contributed by atoms with E-state index in [-0.39, 0.29) is 18.1 Å². The first-order valence-electron chi connectivity index (χ1n) is 6.93. The van der Waals surface area contributed by atoms with Gasteiger partial charge in [-0.3, -0.25) is 4.79 Å². The number of hydrogen-bond donors (Lipinski definition) is 2. The molecule has 20 heavy (non-hydrogen) atoms. The highest BCUT2D eigenvalue weighted by atomic mass is 35.5. The van der Waals surface area contributed by atoms with Crippen LogP contribution in [0.3, 0.4) is 0 Å². The highest BCUT2D eigenvalue weighted by molar-refractivity contribution is 7.99. The van der Waals surface area contributed by atoms with Crippen LogP contribution in [0.5, 0.6) is 0 Å². The zero-order valence-electron chi connectivity index (χ0n) is 11.3. The lowest BCUT2D eigenvalue weighted by Gasteiger charge is -2.26. The number of carbonyl (C=O) groups is 1. The predicted octanol–water partition coefficient (Wildman–Crippen LogP) is 2.99. The Balaban J connectivity index is 1.64. The lowest BCUT2D eigenvalue weighted by Crippen LogP contribution is -2.39. The van der Waals surface area contributed by atoms with Gasteiger partial charge in [0.2, 0.25) is 5.91 Å². The summed E-state index contributed by atoms with van der Waals surface area (Å²) in [6.45, 7) is 0. The van der Waals surface area contributed by atoms with Crippen molar-refractivity contribution in [1.82, 2.24) is 5.32 Å². The van der Waals surface area contributed by atoms with Crippen molar-refractivity contribution in [2.24, 2.45) is 0 Å². The van der Waals surface area contributed by atoms with Crippen LogP contribution in [0.1, 0.15) is 31.2 Å². The Morgan fingerprint density at radius 2 is 1.90 bits per heavy atom. The molecule has 1 aromatic carbocycles. The van der Waals surface area contributed by atoms with Gasteiger partial charge in [0, 0.05) is 16.8 Å². The van der Waals surface area contributed by atoms with Gasteiger partial charge in [-0.25, -0.2) is 0 Å². The number of thioether (sulfide) groups is 1. The van der Waals surface area contributed by atoms with E-state index in [2.05, 4.69) is 5.32 Å². The monoisotopic (exact) mass is 313 g/mol. The Kier molecular flexibility index (Phi) is 6.20. The molecule has 1 fully saturated rings. The summed E-state index contributed by atoms with van der Waals surface area (Å²) in [6.07, 6.45) is 3.18. The van der Waals surface area contributed by atoms with Crippen LogP contribution in [0.2, 0.25) is 5.02 Å². The van der Waals surface area contributed by atoms with Gasteiger partial charge in [0.1, 0.15) is 0 Å². The van der Waals surface area contributed by atoms with Crippen LogP contribution >= 0.6 is 23.4 Å². The summed E-state index contributed by atoms with van der Waals surface area (Å²) in [5, 5.41) is 13.2. The summed E-state index contributed by atoms with van der Waals surface area (Å²) in [5.74, 6) is 1.38. The van der Waals surface area contributed by atoms with Gasteiger partial charge in [-0.1, -0.05) is 23.7 Å². The van der Waals surface area contributed by atoms with E-state index in [1.54, 1.807) is 11.8 Å². The predicted molar refractivity (Wildman–Crippen MR) is 84.0 cm³/mol. The molecule has 0 heterocycles. The lowest BCUT2D eigenvalue weighted by molar-refractivity contribution is -0.119. The first kappa shape index (κ1) is 15.7. The average molecular weight is 314 g/mol. The van der Waals surface area contributed by atoms with E-state index in [9.17, 15) is 9.90 Å². The Hall–Kier alpha value is -0.710. The molecular formula is C15H20ClNO2S. The molecule has 0 aliphatic heterocycles. The van der Waals surface area contributed by atoms with Gasteiger partial charge in [-0.2, -0.15) is 0 Å². The van der Waals surface area contributed by atoms with Gasteiger partial charge in [0.05, 0.1) is 11.9 Å². The standard InChI is InChI=1S/C15H20ClNO2S/c16-12-3-1-11(2-4-12)9-20-10-15(19)17-13-5-7-14(18)8-6-13/h1-4,13-14,18H,5-10H2,(H,17,19). The zero-order valence-corrected chi connectivity index (χ0v) is 12.9. The van der Waals surface area contributed by atoms with Crippen molar-refractivity contribution in [3.05, 3.63) is 34.9 Å². The molecule has 0 radical (unpaired) electrons. The molecule has 5 heteroatoms. The van der Waals surface area contributed by atoms with Crippen molar-refractivity contribution in [1.29, 1.82) is 0 Å². The minimum absolute atomic E-state index is 0.0883. The summed E-state index contributed by atoms with van der Waals surface area (Å²) in [6, 6.07) is 7.93. The number of aliphatic hydroxyl groups excluding tert-OH is 1. The molecule has 3 nitrogen and oxygen atoms in total. The van der Waals surface area contributed by atoms with Crippen LogP contribution in [0.4, 0.5) is 0 Å². The Labute approximate surface area is 129 Å². The van der Waals surface area contributed by atoms with Crippen LogP contribution in [0.15, 0.2) is 24.3 Å². The molecule has 1 saturated carbocycles. The molecule has 1 aliphatic carbocycles. The summed E-state index contributed by atoms with van der Waals surface area (Å²) < 4.78 is 0. The number of rotatable bonds is 5. The minimum atomic E-state index is -0.178. The van der Waals surface area contributed by atoms with Gasteiger partial charge in [-0.15, -0.1) is 11.8 Å². The molecule has 0 bridgehead atoms. The van der Waals surface area contributed by atoms with Gasteiger partial charge >= 0.3 is 0 Å². The maximum absolute atomic E-state index is 11.8. The molecule has 0 atom stereocenters. The largest absolute Gasteiger partial charge is 0.393 e. The van der Waals surface area contributed by atoms with Gasteiger partial charge in [-0.05, 0) is 43.4 Å². The average Bonchev–Trinajstić information content (AvgIpc) is 2.44. The van der Waals surface area contributed by atoms with Crippen LogP contribution < -0.4 is 5.32 Å². The zero-order chi connectivity index (χ0) is 14.4. The van der Waals surface area contributed by atoms with Crippen LogP contribution in [-0.2, 0) is 10.5 Å². The van der Waals surface area contributed by atoms with Crippen molar-refractivity contribution in [2.45, 2.75) is 43.6 Å². The molecule has 0 saturated heterocycles. The summed E-state index contributed by atoms with van der Waals surface area (Å²) in [7, 11) is 0. The van der Waals surface area contributed by atoms with E-state index >= 15 is 0 Å². The number of amides is 1. The third-order valence-electron chi connectivity index (χ3n) is 3.48. The van der Waals surface area contributed by atoms with Crippen molar-refractivity contribution < 1.29 is 9.90 Å². The van der Waals surface area contributed by atoms with Gasteiger partial charge in [0.15, 0.2) is 0 Å². The van der Waals surface area contributed by atoms with E-state index in [1.165, 1.54) is 5.56 Å². The molecule has 0 unspecified atom stereocenters. The first-order chi connectivity index (χ1) is 9.63. The molecule has 1 aromatic rings. The number of carbonyl (C=O) groups excluding carboxylic acids is 1. The van der Waals surface area contributed by atoms with Crippen molar-refractivity contribution >= 4 is 29.3 Å². The molecular weight excluding hydrogens is 294 g/mol. The number of nitrogens with one attached hydrogen (secondary N) is 1. The highest BCUT2D eigenvalue weighted by Crippen LogP contribution is 2.19. The second kappa shape index (κ2) is 7.91. The van der Waals surface area contributed by atoms with Crippen molar-refractivity contribution in [3.8, 4) is 0 Å². The summed E-state index contributed by atoms with van der Waals surface area (Å²) in [4.78, 5) is 11.8. The second-order valence-electron chi connectivity index (χ2n) is 5.19. The molecule has 2 rings (SSSR count). The van der Waals surface area contributed by atoms with E-state index in [0.717, 1.165) is 36.5 Å². The second-order valence-corrected chi connectivity index (χ2v) is 6.61. The topological polar surface area (TPSA) is 49.3 Å². The van der Waals surface area contributed by atoms with Crippen LogP contribution in [0, 0.1) is 0 Å². The number of halogens is 1. The van der Waals surface area contributed by atoms with E-state index in [4.69, 9.17) is 11.6 Å². The van der Waals surface area contributed by atoms with E-state index in [1.807, 2.05) is 24.3 Å². The Bertz CT molecular complexity index is 430. The highest BCUT2D eigenvalue weighted by Gasteiger charge is 2.20. The number of hydrogen-bond acceptors (Lipinski definition) is 3. The first-order valence-corrected chi connectivity index (χ1v) is 8.46. The van der Waals surface area contributed by atoms with Gasteiger partial charge < -0.3 is 10.4 Å². The quantitative estimate of drug-likeness (QED) is 0.878. The maximum atomic E-state index is 11.8. The fourth-order valence-electron chi connectivity index (χ4n) is 2.33. The lowest BCUT2D eigenvalue weighted by atomic mass is 9.93. The smallest absolute Gasteiger partial charge is 0.230 e. The molecule has 1 aliphatic rings. The van der Waals surface area contributed by atoms with Gasteiger partial charge in [0.25, 0.3) is 0 Å². The SMILES string of the molecule is O=C(CSCc1ccc(Cl)cc1)NC1CCC(O)CC1. The van der Waals surface area contributed by atoms with Crippen LogP contribution in [0.25, 0.3) is 0 Å². The number of aliphatic hydroxyl groups is 1.